The van der Waals surface area contributed by atoms with Crippen LogP contribution in [-0.2, 0) is 16.1 Å². The van der Waals surface area contributed by atoms with E-state index in [0.29, 0.717) is 12.4 Å². The van der Waals surface area contributed by atoms with E-state index in [1.165, 1.54) is 0 Å². The molecular formula is C15H24N4O2. The number of fused-ring (bicyclic) bond motifs is 1. The van der Waals surface area contributed by atoms with Crippen molar-refractivity contribution in [1.82, 2.24) is 9.78 Å². The van der Waals surface area contributed by atoms with Crippen LogP contribution in [0.3, 0.4) is 0 Å². The van der Waals surface area contributed by atoms with Gasteiger partial charge in [-0.2, -0.15) is 5.10 Å². The molecule has 1 aliphatic carbocycles. The van der Waals surface area contributed by atoms with Crippen molar-refractivity contribution in [2.75, 3.05) is 11.9 Å². The van der Waals surface area contributed by atoms with Crippen LogP contribution >= 0.6 is 0 Å². The van der Waals surface area contributed by atoms with Gasteiger partial charge in [-0.3, -0.25) is 4.79 Å². The van der Waals surface area contributed by atoms with Crippen molar-refractivity contribution in [3.05, 3.63) is 12.3 Å². The summed E-state index contributed by atoms with van der Waals surface area (Å²) in [6.45, 7) is 7.51. The molecule has 1 aromatic rings. The van der Waals surface area contributed by atoms with E-state index in [-0.39, 0.29) is 23.3 Å². The summed E-state index contributed by atoms with van der Waals surface area (Å²) in [7, 11) is 0. The van der Waals surface area contributed by atoms with E-state index in [1.54, 1.807) is 16.9 Å². The highest BCUT2D eigenvalue weighted by Gasteiger charge is 2.70. The van der Waals surface area contributed by atoms with Crippen molar-refractivity contribution in [2.45, 2.75) is 51.8 Å². The van der Waals surface area contributed by atoms with Gasteiger partial charge in [0, 0.05) is 30.6 Å². The Balaban J connectivity index is 1.83. The molecule has 0 spiro atoms. The molecule has 3 atom stereocenters. The Morgan fingerprint density at radius 2 is 2.38 bits per heavy atom. The minimum absolute atomic E-state index is 0.0816. The first-order valence-electron chi connectivity index (χ1n) is 7.66. The predicted octanol–water partition coefficient (Wildman–Crippen LogP) is 1.37. The third kappa shape index (κ3) is 1.85. The molecular weight excluding hydrogens is 268 g/mol. The Bertz CT molecular complexity index is 554. The zero-order valence-corrected chi connectivity index (χ0v) is 12.9. The molecule has 2 fully saturated rings. The molecule has 1 aromatic heterocycles. The smallest absolute Gasteiger partial charge is 0.246 e. The van der Waals surface area contributed by atoms with Gasteiger partial charge < -0.3 is 15.8 Å². The molecule has 1 aliphatic heterocycles. The number of carbonyl (C=O) groups excluding carboxylic acids is 1. The second-order valence-corrected chi connectivity index (χ2v) is 6.62. The van der Waals surface area contributed by atoms with Gasteiger partial charge in [0.25, 0.3) is 0 Å². The number of anilines is 1. The second-order valence-electron chi connectivity index (χ2n) is 6.62. The lowest BCUT2D eigenvalue weighted by Crippen LogP contribution is -2.81. The van der Waals surface area contributed by atoms with Crippen LogP contribution in [0.1, 0.15) is 33.6 Å². The summed E-state index contributed by atoms with van der Waals surface area (Å²) < 4.78 is 7.59. The molecule has 1 saturated carbocycles. The summed E-state index contributed by atoms with van der Waals surface area (Å²) in [5, 5.41) is 7.12. The van der Waals surface area contributed by atoms with E-state index in [0.717, 1.165) is 19.4 Å². The van der Waals surface area contributed by atoms with Crippen LogP contribution in [0.4, 0.5) is 5.82 Å². The quantitative estimate of drug-likeness (QED) is 0.881. The van der Waals surface area contributed by atoms with E-state index >= 15 is 0 Å². The Morgan fingerprint density at radius 3 is 3.10 bits per heavy atom. The van der Waals surface area contributed by atoms with Crippen LogP contribution < -0.4 is 11.1 Å². The average Bonchev–Trinajstić information content (AvgIpc) is 2.93. The lowest BCUT2D eigenvalue weighted by Gasteiger charge is -2.65. The van der Waals surface area contributed by atoms with Crippen molar-refractivity contribution in [3.63, 3.8) is 0 Å². The third-order valence-electron chi connectivity index (χ3n) is 5.32. The number of nitrogens with one attached hydrogen (secondary N) is 1. The predicted molar refractivity (Wildman–Crippen MR) is 79.7 cm³/mol. The lowest BCUT2D eigenvalue weighted by atomic mass is 9.46. The molecule has 0 bridgehead atoms. The van der Waals surface area contributed by atoms with Gasteiger partial charge in [-0.05, 0) is 19.8 Å². The normalized spacial score (nSPS) is 33.9. The van der Waals surface area contributed by atoms with Gasteiger partial charge in [0.1, 0.15) is 11.4 Å². The number of ether oxygens (including phenoxy) is 1. The highest BCUT2D eigenvalue weighted by Crippen LogP contribution is 2.57. The van der Waals surface area contributed by atoms with Gasteiger partial charge in [-0.15, -0.1) is 0 Å². The van der Waals surface area contributed by atoms with E-state index in [4.69, 9.17) is 10.5 Å². The van der Waals surface area contributed by atoms with E-state index in [1.807, 2.05) is 20.8 Å². The van der Waals surface area contributed by atoms with Crippen molar-refractivity contribution < 1.29 is 9.53 Å². The first kappa shape index (κ1) is 14.5. The average molecular weight is 292 g/mol. The van der Waals surface area contributed by atoms with Crippen LogP contribution in [0.15, 0.2) is 12.3 Å². The minimum Gasteiger partial charge on any atom is -0.377 e. The molecule has 6 nitrogen and oxygen atoms in total. The van der Waals surface area contributed by atoms with Crippen LogP contribution in [0.5, 0.6) is 0 Å². The molecule has 1 saturated heterocycles. The minimum atomic E-state index is -0.888. The Labute approximate surface area is 125 Å². The van der Waals surface area contributed by atoms with Gasteiger partial charge in [0.2, 0.25) is 5.91 Å². The summed E-state index contributed by atoms with van der Waals surface area (Å²) in [6, 6.07) is 1.80. The fourth-order valence-corrected chi connectivity index (χ4v) is 3.95. The standard InChI is InChI=1S/C15H24N4O2/c1-4-19-11(7-8-17-19)18-13(20)15(16)10-6-5-9-21-12(10)14(15,2)3/h7-8,10,12H,4-6,9,16H2,1-3H3,(H,18,20). The zero-order chi connectivity index (χ0) is 15.3. The number of amides is 1. The molecule has 3 unspecified atom stereocenters. The van der Waals surface area contributed by atoms with Crippen LogP contribution in [0, 0.1) is 11.3 Å². The van der Waals surface area contributed by atoms with Crippen molar-refractivity contribution in [2.24, 2.45) is 17.1 Å². The summed E-state index contributed by atoms with van der Waals surface area (Å²) in [6.07, 6.45) is 3.68. The number of carbonyl (C=O) groups is 1. The summed E-state index contributed by atoms with van der Waals surface area (Å²) in [4.78, 5) is 12.8. The molecule has 0 aromatic carbocycles. The molecule has 116 valence electrons. The largest absolute Gasteiger partial charge is 0.377 e. The van der Waals surface area contributed by atoms with Crippen molar-refractivity contribution in [1.29, 1.82) is 0 Å². The maximum atomic E-state index is 12.8. The van der Waals surface area contributed by atoms with Gasteiger partial charge in [0.15, 0.2) is 0 Å². The number of rotatable bonds is 3. The Morgan fingerprint density at radius 1 is 1.62 bits per heavy atom. The molecule has 0 radical (unpaired) electrons. The Hall–Kier alpha value is -1.40. The number of aryl methyl sites for hydroxylation is 1. The third-order valence-corrected chi connectivity index (χ3v) is 5.32. The number of hydrogen-bond donors (Lipinski definition) is 2. The Kier molecular flexibility index (Phi) is 3.33. The number of aromatic nitrogens is 2. The molecule has 2 aliphatic rings. The van der Waals surface area contributed by atoms with Gasteiger partial charge in [-0.25, -0.2) is 4.68 Å². The summed E-state index contributed by atoms with van der Waals surface area (Å²) in [5.41, 5.74) is 5.32. The maximum Gasteiger partial charge on any atom is 0.246 e. The van der Waals surface area contributed by atoms with E-state index in [9.17, 15) is 4.79 Å². The highest BCUT2D eigenvalue weighted by atomic mass is 16.5. The van der Waals surface area contributed by atoms with Gasteiger partial charge in [-0.1, -0.05) is 13.8 Å². The van der Waals surface area contributed by atoms with E-state index in [2.05, 4.69) is 10.4 Å². The van der Waals surface area contributed by atoms with Crippen LogP contribution in [-0.4, -0.2) is 33.9 Å². The molecule has 6 heteroatoms. The van der Waals surface area contributed by atoms with Crippen LogP contribution in [0.25, 0.3) is 0 Å². The second kappa shape index (κ2) is 4.81. The number of nitrogens with zero attached hydrogens (tertiary/aromatic N) is 2. The molecule has 2 heterocycles. The monoisotopic (exact) mass is 292 g/mol. The number of hydrogen-bond acceptors (Lipinski definition) is 4. The lowest BCUT2D eigenvalue weighted by molar-refractivity contribution is -0.222. The molecule has 1 amide bonds. The van der Waals surface area contributed by atoms with Crippen molar-refractivity contribution >= 4 is 11.7 Å². The number of nitrogens with two attached hydrogens (primary N) is 1. The highest BCUT2D eigenvalue weighted by molar-refractivity contribution is 5.99. The van der Waals surface area contributed by atoms with E-state index < -0.39 is 5.54 Å². The SMILES string of the molecule is CCn1nccc1NC(=O)C1(N)C2CCCOC2C1(C)C. The maximum absolute atomic E-state index is 12.8. The first-order valence-corrected chi connectivity index (χ1v) is 7.66. The van der Waals surface area contributed by atoms with Gasteiger partial charge >= 0.3 is 0 Å². The summed E-state index contributed by atoms with van der Waals surface area (Å²) >= 11 is 0. The topological polar surface area (TPSA) is 82.2 Å². The van der Waals surface area contributed by atoms with Crippen molar-refractivity contribution in [3.8, 4) is 0 Å². The van der Waals surface area contributed by atoms with Gasteiger partial charge in [0.05, 0.1) is 12.3 Å². The first-order chi connectivity index (χ1) is 9.92. The fourth-order valence-electron chi connectivity index (χ4n) is 3.95. The zero-order valence-electron chi connectivity index (χ0n) is 12.9. The molecule has 21 heavy (non-hydrogen) atoms. The fraction of sp³-hybridized carbons (Fsp3) is 0.733. The molecule has 3 rings (SSSR count). The molecule has 3 N–H and O–H groups in total. The van der Waals surface area contributed by atoms with Crippen LogP contribution in [0.2, 0.25) is 0 Å². The summed E-state index contributed by atoms with van der Waals surface area (Å²) in [5.74, 6) is 0.664.